The molecule has 0 aromatic heterocycles. The van der Waals surface area contributed by atoms with Crippen molar-refractivity contribution in [1.29, 1.82) is 0 Å². The van der Waals surface area contributed by atoms with E-state index in [1.807, 2.05) is 0 Å². The van der Waals surface area contributed by atoms with Crippen LogP contribution in [0.25, 0.3) is 0 Å². The molecule has 4 aliphatic rings. The van der Waals surface area contributed by atoms with Crippen LogP contribution in [-0.2, 0) is 0 Å². The van der Waals surface area contributed by atoms with E-state index >= 15 is 0 Å². The van der Waals surface area contributed by atoms with Crippen molar-refractivity contribution in [1.82, 2.24) is 21.3 Å². The number of hydrogen-bond acceptors (Lipinski definition) is 4. The molecule has 4 atom stereocenters. The fourth-order valence-electron chi connectivity index (χ4n) is 4.27. The van der Waals surface area contributed by atoms with E-state index in [2.05, 4.69) is 21.3 Å². The molecule has 116 valence electrons. The maximum Gasteiger partial charge on any atom is 0.0221 e. The van der Waals surface area contributed by atoms with E-state index in [1.54, 1.807) is 0 Å². The first-order valence-corrected chi connectivity index (χ1v) is 8.87. The molecule has 4 rings (SSSR count). The molecule has 4 nitrogen and oxygen atoms in total. The minimum Gasteiger partial charge on any atom is -0.311 e. The smallest absolute Gasteiger partial charge is 0.0221 e. The van der Waals surface area contributed by atoms with E-state index in [1.165, 1.54) is 77.5 Å². The third-order valence-electron chi connectivity index (χ3n) is 5.41. The van der Waals surface area contributed by atoms with Crippen molar-refractivity contribution in [2.75, 3.05) is 26.2 Å². The maximum atomic E-state index is 3.56. The Labute approximate surface area is 123 Å². The molecule has 2 saturated carbocycles. The van der Waals surface area contributed by atoms with Gasteiger partial charge in [-0.3, -0.25) is 0 Å². The van der Waals surface area contributed by atoms with Crippen molar-refractivity contribution >= 4 is 0 Å². The van der Waals surface area contributed by atoms with Crippen molar-refractivity contribution in [2.24, 2.45) is 0 Å². The molecular weight excluding hydrogens is 248 g/mol. The third kappa shape index (κ3) is 3.94. The molecule has 0 aromatic rings. The molecule has 2 saturated heterocycles. The first kappa shape index (κ1) is 14.8. The highest BCUT2D eigenvalue weighted by Gasteiger charge is 2.27. The highest BCUT2D eigenvalue weighted by molar-refractivity contribution is 4.90. The molecule has 2 heterocycles. The average Bonchev–Trinajstić information content (AvgIpc) is 2.56. The van der Waals surface area contributed by atoms with Gasteiger partial charge in [-0.1, -0.05) is 25.7 Å². The van der Waals surface area contributed by atoms with Gasteiger partial charge in [0.1, 0.15) is 0 Å². The molecule has 20 heavy (non-hydrogen) atoms. The van der Waals surface area contributed by atoms with Crippen LogP contribution in [0, 0.1) is 0 Å². The van der Waals surface area contributed by atoms with Crippen LogP contribution in [0.5, 0.6) is 0 Å². The Hall–Kier alpha value is -0.160. The van der Waals surface area contributed by atoms with Gasteiger partial charge in [-0.25, -0.2) is 0 Å². The van der Waals surface area contributed by atoms with Crippen molar-refractivity contribution < 1.29 is 0 Å². The summed E-state index contributed by atoms with van der Waals surface area (Å²) >= 11 is 0. The lowest BCUT2D eigenvalue weighted by Crippen LogP contribution is -2.56. The predicted molar refractivity (Wildman–Crippen MR) is 84.1 cm³/mol. The van der Waals surface area contributed by atoms with Crippen molar-refractivity contribution in [3.63, 3.8) is 0 Å². The molecule has 0 unspecified atom stereocenters. The summed E-state index contributed by atoms with van der Waals surface area (Å²) in [6, 6.07) is 3.18. The van der Waals surface area contributed by atoms with Gasteiger partial charge >= 0.3 is 0 Å². The van der Waals surface area contributed by atoms with Gasteiger partial charge in [0, 0.05) is 50.3 Å². The van der Waals surface area contributed by atoms with Crippen LogP contribution in [0.3, 0.4) is 0 Å². The molecule has 4 N–H and O–H groups in total. The zero-order valence-electron chi connectivity index (χ0n) is 12.8. The Morgan fingerprint density at radius 3 is 0.900 bits per heavy atom. The normalized spacial score (nSPS) is 40.8. The van der Waals surface area contributed by atoms with Gasteiger partial charge in [0.2, 0.25) is 0 Å². The Morgan fingerprint density at radius 2 is 0.650 bits per heavy atom. The first-order valence-electron chi connectivity index (χ1n) is 8.87. The Balaban J connectivity index is 0.000000121. The second-order valence-corrected chi connectivity index (χ2v) is 6.81. The number of rotatable bonds is 0. The van der Waals surface area contributed by atoms with E-state index < -0.39 is 0 Å². The van der Waals surface area contributed by atoms with Crippen molar-refractivity contribution in [3.05, 3.63) is 0 Å². The summed E-state index contributed by atoms with van der Waals surface area (Å²) in [5, 5.41) is 14.2. The molecule has 0 bridgehead atoms. The second-order valence-electron chi connectivity index (χ2n) is 6.81. The highest BCUT2D eigenvalue weighted by Crippen LogP contribution is 2.20. The fourth-order valence-corrected chi connectivity index (χ4v) is 4.27. The van der Waals surface area contributed by atoms with E-state index in [4.69, 9.17) is 0 Å². The lowest BCUT2D eigenvalue weighted by Gasteiger charge is -2.37. The summed E-state index contributed by atoms with van der Waals surface area (Å²) in [6.07, 6.45) is 11.3. The Bertz CT molecular complexity index is 204. The zero-order valence-corrected chi connectivity index (χ0v) is 12.8. The lowest BCUT2D eigenvalue weighted by molar-refractivity contribution is 0.251. The second kappa shape index (κ2) is 7.74. The Kier molecular flexibility index (Phi) is 5.71. The maximum absolute atomic E-state index is 3.56. The standard InChI is InChI=1S/2C8H16N2/c2*1-2-4-8-7(3-1)9-5-6-10-8/h2*7-10H,1-6H2/t2*7-,8-/m10/s1. The molecule has 2 aliphatic heterocycles. The molecule has 4 fully saturated rings. The SMILES string of the molecule is C1CC[C@@H]2NCCN[C@H]2C1.C1CC[C@H]2NCCN[C@@H]2C1. The van der Waals surface area contributed by atoms with Crippen LogP contribution in [0.15, 0.2) is 0 Å². The minimum absolute atomic E-state index is 0.794. The monoisotopic (exact) mass is 280 g/mol. The number of piperazine rings is 2. The first-order chi connectivity index (χ1) is 9.93. The number of fused-ring (bicyclic) bond motifs is 2. The highest BCUT2D eigenvalue weighted by atomic mass is 15.1. The van der Waals surface area contributed by atoms with E-state index in [9.17, 15) is 0 Å². The lowest BCUT2D eigenvalue weighted by atomic mass is 9.89. The predicted octanol–water partition coefficient (Wildman–Crippen LogP) is 0.981. The molecule has 4 heteroatoms. The minimum atomic E-state index is 0.794. The zero-order chi connectivity index (χ0) is 13.6. The van der Waals surface area contributed by atoms with Crippen LogP contribution in [0.2, 0.25) is 0 Å². The molecule has 2 aliphatic carbocycles. The summed E-state index contributed by atoms with van der Waals surface area (Å²) in [7, 11) is 0. The van der Waals surface area contributed by atoms with Crippen molar-refractivity contribution in [3.8, 4) is 0 Å². The van der Waals surface area contributed by atoms with Gasteiger partial charge < -0.3 is 21.3 Å². The largest absolute Gasteiger partial charge is 0.311 e. The topological polar surface area (TPSA) is 48.1 Å². The summed E-state index contributed by atoms with van der Waals surface area (Å²) in [5.74, 6) is 0. The molecule has 0 radical (unpaired) electrons. The summed E-state index contributed by atoms with van der Waals surface area (Å²) in [5.41, 5.74) is 0. The van der Waals surface area contributed by atoms with Crippen molar-refractivity contribution in [2.45, 2.75) is 75.5 Å². The van der Waals surface area contributed by atoms with Crippen LogP contribution in [0.1, 0.15) is 51.4 Å². The van der Waals surface area contributed by atoms with Gasteiger partial charge in [-0.2, -0.15) is 0 Å². The van der Waals surface area contributed by atoms with Gasteiger partial charge in [0.25, 0.3) is 0 Å². The molecule has 0 aromatic carbocycles. The van der Waals surface area contributed by atoms with Crippen LogP contribution in [-0.4, -0.2) is 50.3 Å². The molecule has 0 spiro atoms. The summed E-state index contributed by atoms with van der Waals surface area (Å²) in [4.78, 5) is 0. The average molecular weight is 280 g/mol. The van der Waals surface area contributed by atoms with Crippen LogP contribution in [0.4, 0.5) is 0 Å². The molecular formula is C16H32N4. The number of nitrogens with one attached hydrogen (secondary N) is 4. The van der Waals surface area contributed by atoms with Gasteiger partial charge in [-0.15, -0.1) is 0 Å². The summed E-state index contributed by atoms with van der Waals surface area (Å²) in [6.45, 7) is 4.67. The van der Waals surface area contributed by atoms with Gasteiger partial charge in [0.05, 0.1) is 0 Å². The molecule has 0 amide bonds. The van der Waals surface area contributed by atoms with E-state index in [0.29, 0.717) is 0 Å². The quantitative estimate of drug-likeness (QED) is 0.534. The van der Waals surface area contributed by atoms with Gasteiger partial charge in [0.15, 0.2) is 0 Å². The Morgan fingerprint density at radius 1 is 0.400 bits per heavy atom. The number of hydrogen-bond donors (Lipinski definition) is 4. The van der Waals surface area contributed by atoms with Crippen LogP contribution < -0.4 is 21.3 Å². The van der Waals surface area contributed by atoms with Crippen LogP contribution >= 0.6 is 0 Å². The summed E-state index contributed by atoms with van der Waals surface area (Å²) < 4.78 is 0. The van der Waals surface area contributed by atoms with E-state index in [-0.39, 0.29) is 0 Å². The van der Waals surface area contributed by atoms with Gasteiger partial charge in [-0.05, 0) is 25.7 Å². The van der Waals surface area contributed by atoms with E-state index in [0.717, 1.165) is 24.2 Å². The fraction of sp³-hybridized carbons (Fsp3) is 1.00. The third-order valence-corrected chi connectivity index (χ3v) is 5.41.